The fraction of sp³-hybridized carbons (Fsp3) is 0.0952. The van der Waals surface area contributed by atoms with Crippen LogP contribution in [0, 0.1) is 0 Å². The molecule has 1 aromatic heterocycles. The summed E-state index contributed by atoms with van der Waals surface area (Å²) in [5.41, 5.74) is 3.67. The molecular weight excluding hydrogens is 394 g/mol. The van der Waals surface area contributed by atoms with Gasteiger partial charge >= 0.3 is 11.8 Å². The maximum absolute atomic E-state index is 11.8. The molecule has 0 aliphatic rings. The number of ether oxygens (including phenoxy) is 1. The highest BCUT2D eigenvalue weighted by Crippen LogP contribution is 2.20. The minimum atomic E-state index is -0.887. The van der Waals surface area contributed by atoms with Crippen molar-refractivity contribution in [3.05, 3.63) is 88.8 Å². The van der Waals surface area contributed by atoms with E-state index in [1.807, 2.05) is 30.3 Å². The van der Waals surface area contributed by atoms with Gasteiger partial charge in [0.1, 0.15) is 18.1 Å². The minimum Gasteiger partial charge on any atom is -0.488 e. The van der Waals surface area contributed by atoms with Crippen LogP contribution in [0.1, 0.15) is 16.9 Å². The number of hydrogen-bond acceptors (Lipinski definition) is 5. The Labute approximate surface area is 172 Å². The lowest BCUT2D eigenvalue weighted by molar-refractivity contribution is -0.139. The van der Waals surface area contributed by atoms with E-state index in [4.69, 9.17) is 20.8 Å². The largest absolute Gasteiger partial charge is 0.488 e. The standard InChI is InChI=1S/C21H18ClN3O4/c22-18-9-3-1-7-16(18)14-29-19-10-4-2-6-15(19)12-24-25-21(27)20(26)23-13-17-8-5-11-28-17/h1-12H,13-14H2,(H,23,26)(H,25,27)/b24-12-. The van der Waals surface area contributed by atoms with Gasteiger partial charge in [0.05, 0.1) is 19.0 Å². The van der Waals surface area contributed by atoms with Crippen molar-refractivity contribution in [3.8, 4) is 5.75 Å². The lowest BCUT2D eigenvalue weighted by Gasteiger charge is -2.10. The summed E-state index contributed by atoms with van der Waals surface area (Å²) >= 11 is 6.14. The molecule has 0 radical (unpaired) electrons. The summed E-state index contributed by atoms with van der Waals surface area (Å²) in [6.07, 6.45) is 2.89. The molecule has 0 spiro atoms. The summed E-state index contributed by atoms with van der Waals surface area (Å²) < 4.78 is 10.9. The minimum absolute atomic E-state index is 0.113. The summed E-state index contributed by atoms with van der Waals surface area (Å²) in [4.78, 5) is 23.6. The second-order valence-corrected chi connectivity index (χ2v) is 6.29. The molecule has 1 heterocycles. The lowest BCUT2D eigenvalue weighted by Crippen LogP contribution is -2.37. The fourth-order valence-corrected chi connectivity index (χ4v) is 2.55. The van der Waals surface area contributed by atoms with Crippen LogP contribution in [-0.4, -0.2) is 18.0 Å². The summed E-state index contributed by atoms with van der Waals surface area (Å²) in [6, 6.07) is 17.9. The van der Waals surface area contributed by atoms with Gasteiger partial charge in [-0.05, 0) is 30.3 Å². The van der Waals surface area contributed by atoms with E-state index in [9.17, 15) is 9.59 Å². The van der Waals surface area contributed by atoms with E-state index < -0.39 is 11.8 Å². The number of nitrogens with zero attached hydrogens (tertiary/aromatic N) is 1. The number of hydrogen-bond donors (Lipinski definition) is 2. The molecule has 0 aliphatic heterocycles. The van der Waals surface area contributed by atoms with E-state index >= 15 is 0 Å². The zero-order valence-corrected chi connectivity index (χ0v) is 16.1. The van der Waals surface area contributed by atoms with Crippen molar-refractivity contribution in [2.75, 3.05) is 0 Å². The molecule has 2 amide bonds. The van der Waals surface area contributed by atoms with E-state index in [0.29, 0.717) is 22.1 Å². The summed E-state index contributed by atoms with van der Waals surface area (Å²) in [5.74, 6) is -0.601. The van der Waals surface area contributed by atoms with Gasteiger partial charge in [-0.25, -0.2) is 5.43 Å². The van der Waals surface area contributed by atoms with Crippen LogP contribution in [0.2, 0.25) is 5.02 Å². The molecule has 8 heteroatoms. The van der Waals surface area contributed by atoms with Gasteiger partial charge in [0.15, 0.2) is 0 Å². The molecule has 29 heavy (non-hydrogen) atoms. The van der Waals surface area contributed by atoms with Crippen LogP contribution in [0.5, 0.6) is 5.75 Å². The molecule has 7 nitrogen and oxygen atoms in total. The second kappa shape index (κ2) is 10.1. The molecule has 0 bridgehead atoms. The third kappa shape index (κ3) is 5.95. The average molecular weight is 412 g/mol. The summed E-state index contributed by atoms with van der Waals surface area (Å²) in [5, 5.41) is 6.88. The first-order chi connectivity index (χ1) is 14.1. The SMILES string of the molecule is O=C(NCc1ccco1)C(=O)N/N=C\c1ccccc1OCc1ccccc1Cl. The van der Waals surface area contributed by atoms with Crippen molar-refractivity contribution in [1.29, 1.82) is 0 Å². The van der Waals surface area contributed by atoms with Crippen LogP contribution in [0.3, 0.4) is 0 Å². The quantitative estimate of drug-likeness (QED) is 0.354. The van der Waals surface area contributed by atoms with Crippen molar-refractivity contribution in [2.45, 2.75) is 13.2 Å². The molecule has 3 rings (SSSR count). The fourth-order valence-electron chi connectivity index (χ4n) is 2.36. The molecule has 148 valence electrons. The number of rotatable bonds is 7. The molecular formula is C21H18ClN3O4. The van der Waals surface area contributed by atoms with Crippen molar-refractivity contribution in [2.24, 2.45) is 5.10 Å². The van der Waals surface area contributed by atoms with E-state index in [2.05, 4.69) is 15.8 Å². The van der Waals surface area contributed by atoms with Gasteiger partial charge in [-0.1, -0.05) is 41.9 Å². The topological polar surface area (TPSA) is 92.9 Å². The Hall–Kier alpha value is -3.58. The third-order valence-electron chi connectivity index (χ3n) is 3.84. The number of halogens is 1. The van der Waals surface area contributed by atoms with Crippen LogP contribution < -0.4 is 15.5 Å². The molecule has 0 aliphatic carbocycles. The highest BCUT2D eigenvalue weighted by Gasteiger charge is 2.12. The Balaban J connectivity index is 1.54. The Morgan fingerprint density at radius 3 is 2.62 bits per heavy atom. The number of furan rings is 1. The number of carbonyl (C=O) groups is 2. The molecule has 3 aromatic rings. The van der Waals surface area contributed by atoms with E-state index in [1.165, 1.54) is 12.5 Å². The van der Waals surface area contributed by atoms with E-state index in [0.717, 1.165) is 5.56 Å². The smallest absolute Gasteiger partial charge is 0.329 e. The van der Waals surface area contributed by atoms with Gasteiger partial charge < -0.3 is 14.5 Å². The summed E-state index contributed by atoms with van der Waals surface area (Å²) in [7, 11) is 0. The molecule has 0 atom stereocenters. The Kier molecular flexibility index (Phi) is 7.02. The van der Waals surface area contributed by atoms with E-state index in [-0.39, 0.29) is 13.2 Å². The van der Waals surface area contributed by atoms with Gasteiger partial charge in [-0.15, -0.1) is 0 Å². The molecule has 0 fully saturated rings. The Morgan fingerprint density at radius 2 is 1.83 bits per heavy atom. The van der Waals surface area contributed by atoms with Crippen LogP contribution >= 0.6 is 11.6 Å². The molecule has 0 unspecified atom stereocenters. The summed E-state index contributed by atoms with van der Waals surface area (Å²) in [6.45, 7) is 0.397. The Morgan fingerprint density at radius 1 is 1.03 bits per heavy atom. The van der Waals surface area contributed by atoms with Crippen molar-refractivity contribution in [1.82, 2.24) is 10.7 Å². The van der Waals surface area contributed by atoms with E-state index in [1.54, 1.807) is 30.3 Å². The molecule has 2 N–H and O–H groups in total. The zero-order valence-electron chi connectivity index (χ0n) is 15.3. The normalized spacial score (nSPS) is 10.7. The van der Waals surface area contributed by atoms with Gasteiger partial charge in [-0.2, -0.15) is 5.10 Å². The first-order valence-electron chi connectivity index (χ1n) is 8.72. The number of carbonyl (C=O) groups excluding carboxylic acids is 2. The van der Waals surface area contributed by atoms with Crippen LogP contribution in [-0.2, 0) is 22.7 Å². The Bertz CT molecular complexity index is 1000. The van der Waals surface area contributed by atoms with Gasteiger partial charge in [0.2, 0.25) is 0 Å². The molecule has 2 aromatic carbocycles. The van der Waals surface area contributed by atoms with Crippen molar-refractivity contribution < 1.29 is 18.7 Å². The first kappa shape index (κ1) is 20.2. The van der Waals surface area contributed by atoms with Crippen LogP contribution in [0.4, 0.5) is 0 Å². The van der Waals surface area contributed by atoms with Crippen molar-refractivity contribution >= 4 is 29.6 Å². The highest BCUT2D eigenvalue weighted by molar-refractivity contribution is 6.35. The van der Waals surface area contributed by atoms with Gasteiger partial charge in [-0.3, -0.25) is 9.59 Å². The zero-order chi connectivity index (χ0) is 20.5. The number of para-hydroxylation sites is 1. The maximum Gasteiger partial charge on any atom is 0.329 e. The number of nitrogens with one attached hydrogen (secondary N) is 2. The van der Waals surface area contributed by atoms with Crippen LogP contribution in [0.15, 0.2) is 76.4 Å². The monoisotopic (exact) mass is 411 g/mol. The van der Waals surface area contributed by atoms with Crippen molar-refractivity contribution in [3.63, 3.8) is 0 Å². The number of benzene rings is 2. The second-order valence-electron chi connectivity index (χ2n) is 5.88. The van der Waals surface area contributed by atoms with Gasteiger partial charge in [0, 0.05) is 16.1 Å². The molecule has 0 saturated carbocycles. The predicted molar refractivity (Wildman–Crippen MR) is 109 cm³/mol. The van der Waals surface area contributed by atoms with Gasteiger partial charge in [0.25, 0.3) is 0 Å². The number of amides is 2. The first-order valence-corrected chi connectivity index (χ1v) is 9.10. The third-order valence-corrected chi connectivity index (χ3v) is 4.21. The number of hydrazone groups is 1. The average Bonchev–Trinajstić information content (AvgIpc) is 3.26. The molecule has 0 saturated heterocycles. The highest BCUT2D eigenvalue weighted by atomic mass is 35.5. The lowest BCUT2D eigenvalue weighted by atomic mass is 10.2. The maximum atomic E-state index is 11.8. The van der Waals surface area contributed by atoms with Crippen LogP contribution in [0.25, 0.3) is 0 Å². The predicted octanol–water partition coefficient (Wildman–Crippen LogP) is 3.28.